The van der Waals surface area contributed by atoms with Crippen molar-refractivity contribution in [3.63, 3.8) is 0 Å². The van der Waals surface area contributed by atoms with Crippen LogP contribution in [0, 0.1) is 10.8 Å². The van der Waals surface area contributed by atoms with E-state index in [1.807, 2.05) is 11.8 Å². The Morgan fingerprint density at radius 1 is 1.04 bits per heavy atom. The number of hydrogen-bond donors (Lipinski definition) is 0. The molecule has 2 aromatic rings. The van der Waals surface area contributed by atoms with Gasteiger partial charge in [0.15, 0.2) is 0 Å². The lowest BCUT2D eigenvalue weighted by atomic mass is 9.61. The molecule has 0 radical (unpaired) electrons. The van der Waals surface area contributed by atoms with Gasteiger partial charge in [-0.05, 0) is 45.8 Å². The van der Waals surface area contributed by atoms with E-state index >= 15 is 0 Å². The summed E-state index contributed by atoms with van der Waals surface area (Å²) in [7, 11) is 0. The number of rotatable bonds is 3. The third-order valence-corrected chi connectivity index (χ3v) is 6.24. The van der Waals surface area contributed by atoms with Crippen LogP contribution in [0.25, 0.3) is 10.8 Å². The van der Waals surface area contributed by atoms with Crippen LogP contribution in [0.2, 0.25) is 0 Å². The number of fused-ring (bicyclic) bond motifs is 1. The molecule has 1 heteroatoms. The molecule has 0 spiro atoms. The molecule has 1 aliphatic carbocycles. The molecule has 3 rings (SSSR count). The summed E-state index contributed by atoms with van der Waals surface area (Å²) in [4.78, 5) is 1.52. The maximum absolute atomic E-state index is 2.54. The fraction of sp³-hybridized carbons (Fsp3) is 0.417. The highest BCUT2D eigenvalue weighted by molar-refractivity contribution is 8.02. The van der Waals surface area contributed by atoms with Crippen molar-refractivity contribution >= 4 is 22.5 Å². The molecule has 2 unspecified atom stereocenters. The van der Waals surface area contributed by atoms with E-state index in [0.29, 0.717) is 5.92 Å². The maximum Gasteiger partial charge on any atom is 0.0117 e. The van der Waals surface area contributed by atoms with Crippen molar-refractivity contribution in [3.05, 3.63) is 71.2 Å². The first kappa shape index (κ1) is 18.3. The van der Waals surface area contributed by atoms with Crippen molar-refractivity contribution in [2.24, 2.45) is 10.8 Å². The first-order valence-corrected chi connectivity index (χ1v) is 10.5. The van der Waals surface area contributed by atoms with Gasteiger partial charge in [0.25, 0.3) is 0 Å². The average Bonchev–Trinajstić information content (AvgIpc) is 2.76. The van der Waals surface area contributed by atoms with Crippen LogP contribution >= 0.6 is 11.8 Å². The Kier molecular flexibility index (Phi) is 5.16. The second kappa shape index (κ2) is 7.03. The molecule has 0 saturated carbocycles. The van der Waals surface area contributed by atoms with Crippen molar-refractivity contribution < 1.29 is 0 Å². The van der Waals surface area contributed by atoms with E-state index in [1.165, 1.54) is 27.7 Å². The summed E-state index contributed by atoms with van der Waals surface area (Å²) in [5, 5.41) is 2.73. The molecule has 25 heavy (non-hydrogen) atoms. The topological polar surface area (TPSA) is 0 Å². The van der Waals surface area contributed by atoms with Crippen LogP contribution < -0.4 is 0 Å². The Bertz CT molecular complexity index is 801. The molecule has 0 nitrogen and oxygen atoms in total. The molecule has 0 aliphatic heterocycles. The highest BCUT2D eigenvalue weighted by atomic mass is 32.2. The molecule has 0 heterocycles. The summed E-state index contributed by atoms with van der Waals surface area (Å²) in [5.74, 6) is 0.419. The number of benzene rings is 2. The van der Waals surface area contributed by atoms with Crippen molar-refractivity contribution in [2.75, 3.05) is 6.26 Å². The van der Waals surface area contributed by atoms with Crippen LogP contribution in [0.1, 0.15) is 52.0 Å². The second-order valence-corrected chi connectivity index (χ2v) is 9.42. The molecule has 0 N–H and O–H groups in total. The van der Waals surface area contributed by atoms with E-state index in [2.05, 4.69) is 94.6 Å². The van der Waals surface area contributed by atoms with Crippen molar-refractivity contribution in [1.82, 2.24) is 0 Å². The fourth-order valence-corrected chi connectivity index (χ4v) is 5.30. The van der Waals surface area contributed by atoms with Gasteiger partial charge in [-0.1, -0.05) is 88.4 Å². The van der Waals surface area contributed by atoms with Crippen molar-refractivity contribution in [3.8, 4) is 0 Å². The molecule has 1 aliphatic rings. The molecule has 0 saturated heterocycles. The van der Waals surface area contributed by atoms with Gasteiger partial charge in [0, 0.05) is 11.3 Å². The number of hydrogen-bond acceptors (Lipinski definition) is 1. The largest absolute Gasteiger partial charge is 0.134 e. The zero-order valence-corrected chi connectivity index (χ0v) is 17.0. The molecule has 0 fully saturated rings. The summed E-state index contributed by atoms with van der Waals surface area (Å²) in [6.45, 7) is 9.57. The fourth-order valence-electron chi connectivity index (χ4n) is 4.61. The summed E-state index contributed by atoms with van der Waals surface area (Å²) in [6.07, 6.45) is 11.9. The Labute approximate surface area is 157 Å². The molecule has 132 valence electrons. The predicted molar refractivity (Wildman–Crippen MR) is 114 cm³/mol. The normalized spacial score (nSPS) is 22.5. The van der Waals surface area contributed by atoms with Gasteiger partial charge in [-0.15, -0.1) is 11.8 Å². The first-order valence-electron chi connectivity index (χ1n) is 9.26. The monoisotopic (exact) mass is 350 g/mol. The van der Waals surface area contributed by atoms with Gasteiger partial charge in [-0.3, -0.25) is 0 Å². The smallest absolute Gasteiger partial charge is 0.0117 e. The molecule has 2 aromatic carbocycles. The van der Waals surface area contributed by atoms with Crippen molar-refractivity contribution in [1.29, 1.82) is 0 Å². The lowest BCUT2D eigenvalue weighted by molar-refractivity contribution is 0.227. The summed E-state index contributed by atoms with van der Waals surface area (Å²) in [5.41, 5.74) is 1.65. The molecule has 0 bridgehead atoms. The lowest BCUT2D eigenvalue weighted by Gasteiger charge is -2.43. The van der Waals surface area contributed by atoms with Crippen LogP contribution in [0.5, 0.6) is 0 Å². The summed E-state index contributed by atoms with van der Waals surface area (Å²) < 4.78 is 0. The van der Waals surface area contributed by atoms with Crippen LogP contribution in [-0.2, 0) is 0 Å². The van der Waals surface area contributed by atoms with E-state index in [4.69, 9.17) is 0 Å². The molecule has 0 amide bonds. The minimum Gasteiger partial charge on any atom is -0.134 e. The Morgan fingerprint density at radius 2 is 1.76 bits per heavy atom. The van der Waals surface area contributed by atoms with Gasteiger partial charge in [-0.25, -0.2) is 0 Å². The van der Waals surface area contributed by atoms with E-state index in [1.54, 1.807) is 0 Å². The minimum absolute atomic E-state index is 0.0250. The molecule has 2 atom stereocenters. The van der Waals surface area contributed by atoms with Crippen LogP contribution in [0.4, 0.5) is 0 Å². The zero-order chi connectivity index (χ0) is 18.1. The summed E-state index contributed by atoms with van der Waals surface area (Å²) in [6, 6.07) is 15.6. The average molecular weight is 351 g/mol. The standard InChI is InChI=1S/C24H30S/c1-23(2,3)22(24(4)16-9-8-13-19(17-24)25-5)21-15-10-12-18-11-6-7-14-20(18)21/h6-7,9-12,14-17,22H,8,13H2,1-5H3. The number of thioether (sulfide) groups is 1. The highest BCUT2D eigenvalue weighted by Crippen LogP contribution is 2.52. The van der Waals surface area contributed by atoms with E-state index in [9.17, 15) is 0 Å². The van der Waals surface area contributed by atoms with E-state index in [0.717, 1.165) is 6.42 Å². The Balaban J connectivity index is 2.25. The molecule has 0 aromatic heterocycles. The minimum atomic E-state index is 0.0250. The first-order chi connectivity index (χ1) is 11.8. The van der Waals surface area contributed by atoms with Crippen molar-refractivity contribution in [2.45, 2.75) is 46.5 Å². The van der Waals surface area contributed by atoms with Gasteiger partial charge < -0.3 is 0 Å². The van der Waals surface area contributed by atoms with Gasteiger partial charge >= 0.3 is 0 Å². The van der Waals surface area contributed by atoms with Crippen LogP contribution in [0.15, 0.2) is 65.6 Å². The Morgan fingerprint density at radius 3 is 2.48 bits per heavy atom. The lowest BCUT2D eigenvalue weighted by Crippen LogP contribution is -2.32. The van der Waals surface area contributed by atoms with Crippen LogP contribution in [0.3, 0.4) is 0 Å². The third-order valence-electron chi connectivity index (χ3n) is 5.39. The zero-order valence-electron chi connectivity index (χ0n) is 16.2. The van der Waals surface area contributed by atoms with Gasteiger partial charge in [-0.2, -0.15) is 0 Å². The van der Waals surface area contributed by atoms with Crippen LogP contribution in [-0.4, -0.2) is 6.26 Å². The van der Waals surface area contributed by atoms with Gasteiger partial charge in [0.1, 0.15) is 0 Å². The second-order valence-electron chi connectivity index (χ2n) is 8.49. The third kappa shape index (κ3) is 3.72. The molecular formula is C24H30S. The van der Waals surface area contributed by atoms with E-state index in [-0.39, 0.29) is 10.8 Å². The highest BCUT2D eigenvalue weighted by Gasteiger charge is 2.40. The predicted octanol–water partition coefficient (Wildman–Crippen LogP) is 7.57. The van der Waals surface area contributed by atoms with E-state index < -0.39 is 0 Å². The van der Waals surface area contributed by atoms with Gasteiger partial charge in [0.05, 0.1) is 0 Å². The Hall–Kier alpha value is -1.47. The van der Waals surface area contributed by atoms with Gasteiger partial charge in [0.2, 0.25) is 0 Å². The quantitative estimate of drug-likeness (QED) is 0.514. The molecular weight excluding hydrogens is 320 g/mol. The SMILES string of the molecule is CSC1=CC(C)(C(c2cccc3ccccc23)C(C)(C)C)C=CCC1. The summed E-state index contributed by atoms with van der Waals surface area (Å²) >= 11 is 1.91. The number of allylic oxidation sites excluding steroid dienone is 4. The maximum atomic E-state index is 2.54.